The van der Waals surface area contributed by atoms with Crippen molar-refractivity contribution in [2.24, 2.45) is 5.92 Å². The molecule has 126 valence electrons. The number of benzene rings is 2. The number of rotatable bonds is 6. The fourth-order valence-corrected chi connectivity index (χ4v) is 3.45. The number of hydrogen-bond acceptors (Lipinski definition) is 2. The molecule has 0 radical (unpaired) electrons. The summed E-state index contributed by atoms with van der Waals surface area (Å²) in [6.45, 7) is 4.73. The van der Waals surface area contributed by atoms with Crippen LogP contribution < -0.4 is 0 Å². The maximum absolute atomic E-state index is 12.9. The second-order valence-corrected chi connectivity index (χ2v) is 6.70. The molecule has 1 saturated carbocycles. The first-order valence-electron chi connectivity index (χ1n) is 8.27. The third-order valence-electron chi connectivity index (χ3n) is 4.50. The van der Waals surface area contributed by atoms with Gasteiger partial charge in [-0.1, -0.05) is 48.0 Å². The summed E-state index contributed by atoms with van der Waals surface area (Å²) in [5.41, 5.74) is 2.60. The molecule has 1 fully saturated rings. The Morgan fingerprint density at radius 1 is 1.32 bits per heavy atom. The highest BCUT2D eigenvalue weighted by atomic mass is 35.5. The van der Waals surface area contributed by atoms with Crippen molar-refractivity contribution in [2.75, 3.05) is 6.54 Å². The van der Waals surface area contributed by atoms with Crippen LogP contribution in [0.1, 0.15) is 29.0 Å². The Balaban J connectivity index is 1.73. The van der Waals surface area contributed by atoms with Crippen molar-refractivity contribution in [1.82, 2.24) is 4.90 Å². The Morgan fingerprint density at radius 2 is 2.12 bits per heavy atom. The number of nitriles is 1. The molecule has 0 saturated heterocycles. The fourth-order valence-electron chi connectivity index (χ4n) is 3.17. The van der Waals surface area contributed by atoms with E-state index in [4.69, 9.17) is 16.9 Å². The monoisotopic (exact) mass is 350 g/mol. The van der Waals surface area contributed by atoms with Crippen LogP contribution in [0.25, 0.3) is 0 Å². The van der Waals surface area contributed by atoms with Crippen LogP contribution in [0.5, 0.6) is 0 Å². The van der Waals surface area contributed by atoms with Crippen LogP contribution >= 0.6 is 11.6 Å². The molecule has 2 aromatic carbocycles. The summed E-state index contributed by atoms with van der Waals surface area (Å²) in [5.74, 6) is 0.283. The number of carbonyl (C=O) groups is 1. The molecule has 2 atom stereocenters. The van der Waals surface area contributed by atoms with Crippen LogP contribution in [0.3, 0.4) is 0 Å². The maximum atomic E-state index is 12.9. The first-order chi connectivity index (χ1) is 12.1. The minimum atomic E-state index is -0.0287. The number of hydrogen-bond donors (Lipinski definition) is 0. The lowest BCUT2D eigenvalue weighted by atomic mass is 10.1. The van der Waals surface area contributed by atoms with Gasteiger partial charge in [0.05, 0.1) is 11.6 Å². The predicted octanol–water partition coefficient (Wildman–Crippen LogP) is 4.53. The molecule has 3 nitrogen and oxygen atoms in total. The molecule has 1 aliphatic rings. The van der Waals surface area contributed by atoms with Gasteiger partial charge in [-0.15, -0.1) is 6.58 Å². The molecule has 1 amide bonds. The lowest BCUT2D eigenvalue weighted by molar-refractivity contribution is -0.132. The smallest absolute Gasteiger partial charge is 0.226 e. The largest absolute Gasteiger partial charge is 0.334 e. The van der Waals surface area contributed by atoms with Gasteiger partial charge in [0.15, 0.2) is 0 Å². The Labute approximate surface area is 153 Å². The molecule has 0 N–H and O–H groups in total. The molecule has 4 heteroatoms. The summed E-state index contributed by atoms with van der Waals surface area (Å²) in [6, 6.07) is 17.2. The lowest BCUT2D eigenvalue weighted by Crippen LogP contribution is -2.32. The van der Waals surface area contributed by atoms with Gasteiger partial charge in [-0.05, 0) is 41.7 Å². The molecule has 0 spiro atoms. The average molecular weight is 351 g/mol. The van der Waals surface area contributed by atoms with Crippen molar-refractivity contribution in [3.63, 3.8) is 0 Å². The van der Waals surface area contributed by atoms with Crippen LogP contribution in [0.2, 0.25) is 5.02 Å². The van der Waals surface area contributed by atoms with Gasteiger partial charge in [0.2, 0.25) is 5.91 Å². The minimum absolute atomic E-state index is 0.0287. The van der Waals surface area contributed by atoms with Gasteiger partial charge in [-0.25, -0.2) is 0 Å². The Kier molecular flexibility index (Phi) is 5.21. The highest BCUT2D eigenvalue weighted by molar-refractivity contribution is 6.31. The van der Waals surface area contributed by atoms with E-state index in [2.05, 4.69) is 12.6 Å². The molecule has 1 aliphatic carbocycles. The van der Waals surface area contributed by atoms with E-state index in [0.717, 1.165) is 22.6 Å². The van der Waals surface area contributed by atoms with Crippen molar-refractivity contribution in [3.05, 3.63) is 82.9 Å². The van der Waals surface area contributed by atoms with E-state index in [-0.39, 0.29) is 17.7 Å². The first-order valence-corrected chi connectivity index (χ1v) is 8.65. The van der Waals surface area contributed by atoms with E-state index < -0.39 is 0 Å². The van der Waals surface area contributed by atoms with E-state index in [1.165, 1.54) is 0 Å². The summed E-state index contributed by atoms with van der Waals surface area (Å²) in [4.78, 5) is 14.7. The molecule has 0 bridgehead atoms. The van der Waals surface area contributed by atoms with Crippen molar-refractivity contribution in [2.45, 2.75) is 18.9 Å². The third kappa shape index (κ3) is 3.92. The van der Waals surface area contributed by atoms with Crippen LogP contribution in [0.15, 0.2) is 61.2 Å². The van der Waals surface area contributed by atoms with E-state index in [9.17, 15) is 4.79 Å². The molecule has 2 aromatic rings. The second kappa shape index (κ2) is 7.55. The van der Waals surface area contributed by atoms with E-state index in [0.29, 0.717) is 18.7 Å². The highest BCUT2D eigenvalue weighted by Gasteiger charge is 2.46. The van der Waals surface area contributed by atoms with Gasteiger partial charge in [0.1, 0.15) is 0 Å². The molecule has 2 unspecified atom stereocenters. The fraction of sp³-hybridized carbons (Fsp3) is 0.238. The number of amides is 1. The summed E-state index contributed by atoms with van der Waals surface area (Å²) in [5, 5.41) is 9.76. The Hall–Kier alpha value is -2.57. The normalized spacial score (nSPS) is 18.2. The predicted molar refractivity (Wildman–Crippen MR) is 99.1 cm³/mol. The van der Waals surface area contributed by atoms with Crippen LogP contribution in [-0.2, 0) is 11.3 Å². The standard InChI is InChI=1S/C21H19ClN2O/c1-2-10-24(14-16-7-5-6-15(11-16)13-23)21(25)19-12-18(19)17-8-3-4-9-20(17)22/h2-9,11,18-19H,1,10,12,14H2. The first kappa shape index (κ1) is 17.3. The maximum Gasteiger partial charge on any atom is 0.226 e. The zero-order chi connectivity index (χ0) is 17.8. The topological polar surface area (TPSA) is 44.1 Å². The number of carbonyl (C=O) groups excluding carboxylic acids is 1. The summed E-state index contributed by atoms with van der Waals surface area (Å²) in [7, 11) is 0. The van der Waals surface area contributed by atoms with Gasteiger partial charge in [0, 0.05) is 24.0 Å². The van der Waals surface area contributed by atoms with Crippen molar-refractivity contribution in [1.29, 1.82) is 5.26 Å². The molecule has 0 aliphatic heterocycles. The molecular formula is C21H19ClN2O. The van der Waals surface area contributed by atoms with Gasteiger partial charge in [0.25, 0.3) is 0 Å². The third-order valence-corrected chi connectivity index (χ3v) is 4.85. The molecule has 3 rings (SSSR count). The SMILES string of the molecule is C=CCN(Cc1cccc(C#N)c1)C(=O)C1CC1c1ccccc1Cl. The number of halogens is 1. The van der Waals surface area contributed by atoms with Crippen LogP contribution in [-0.4, -0.2) is 17.4 Å². The van der Waals surface area contributed by atoms with E-state index in [1.807, 2.05) is 42.5 Å². The van der Waals surface area contributed by atoms with Gasteiger partial charge < -0.3 is 4.90 Å². The van der Waals surface area contributed by atoms with E-state index >= 15 is 0 Å². The summed E-state index contributed by atoms with van der Waals surface area (Å²) < 4.78 is 0. The summed E-state index contributed by atoms with van der Waals surface area (Å²) in [6.07, 6.45) is 2.56. The average Bonchev–Trinajstić information content (AvgIpc) is 3.42. The Morgan fingerprint density at radius 3 is 2.84 bits per heavy atom. The zero-order valence-corrected chi connectivity index (χ0v) is 14.6. The van der Waals surface area contributed by atoms with Crippen molar-refractivity contribution < 1.29 is 4.79 Å². The second-order valence-electron chi connectivity index (χ2n) is 6.29. The van der Waals surface area contributed by atoms with Crippen molar-refractivity contribution in [3.8, 4) is 6.07 Å². The van der Waals surface area contributed by atoms with Gasteiger partial charge >= 0.3 is 0 Å². The van der Waals surface area contributed by atoms with Crippen molar-refractivity contribution >= 4 is 17.5 Å². The van der Waals surface area contributed by atoms with Gasteiger partial charge in [-0.3, -0.25) is 4.79 Å². The van der Waals surface area contributed by atoms with E-state index in [1.54, 1.807) is 17.0 Å². The van der Waals surface area contributed by atoms with Crippen LogP contribution in [0.4, 0.5) is 0 Å². The zero-order valence-electron chi connectivity index (χ0n) is 13.9. The highest BCUT2D eigenvalue weighted by Crippen LogP contribution is 2.50. The number of nitrogens with zero attached hydrogens (tertiary/aromatic N) is 2. The van der Waals surface area contributed by atoms with Gasteiger partial charge in [-0.2, -0.15) is 5.26 Å². The quantitative estimate of drug-likeness (QED) is 0.718. The molecule has 0 heterocycles. The van der Waals surface area contributed by atoms with Crippen LogP contribution in [0, 0.1) is 17.2 Å². The molecule has 25 heavy (non-hydrogen) atoms. The summed E-state index contributed by atoms with van der Waals surface area (Å²) >= 11 is 6.26. The lowest BCUT2D eigenvalue weighted by Gasteiger charge is -2.22. The molecular weight excluding hydrogens is 332 g/mol. The molecule has 0 aromatic heterocycles. The minimum Gasteiger partial charge on any atom is -0.334 e. The Bertz CT molecular complexity index is 840.